The zero-order chi connectivity index (χ0) is 18.3. The molecule has 0 unspecified atom stereocenters. The fourth-order valence-corrected chi connectivity index (χ4v) is 2.36. The van der Waals surface area contributed by atoms with Crippen molar-refractivity contribution < 1.29 is 27.8 Å². The van der Waals surface area contributed by atoms with Crippen molar-refractivity contribution in [1.82, 2.24) is 5.01 Å². The van der Waals surface area contributed by atoms with E-state index in [9.17, 15) is 23.1 Å². The van der Waals surface area contributed by atoms with Crippen LogP contribution in [0.5, 0.6) is 5.75 Å². The zero-order valence-electron chi connectivity index (χ0n) is 13.8. The van der Waals surface area contributed by atoms with Crippen LogP contribution in [-0.4, -0.2) is 40.7 Å². The van der Waals surface area contributed by atoms with E-state index in [-0.39, 0.29) is 5.56 Å². The predicted octanol–water partition coefficient (Wildman–Crippen LogP) is 3.19. The maximum Gasteiger partial charge on any atom is 0.431 e. The van der Waals surface area contributed by atoms with Crippen LogP contribution in [0.25, 0.3) is 0 Å². The van der Waals surface area contributed by atoms with Crippen molar-refractivity contribution in [2.45, 2.75) is 39.1 Å². The van der Waals surface area contributed by atoms with Gasteiger partial charge in [0.05, 0.1) is 7.11 Å². The Morgan fingerprint density at radius 3 is 2.21 bits per heavy atom. The highest BCUT2D eigenvalue weighted by atomic mass is 19.4. The molecule has 0 saturated heterocycles. The van der Waals surface area contributed by atoms with Gasteiger partial charge >= 0.3 is 6.18 Å². The maximum absolute atomic E-state index is 13.0. The molecule has 2 rings (SSSR count). The Balaban J connectivity index is 2.45. The Kier molecular flexibility index (Phi) is 4.39. The summed E-state index contributed by atoms with van der Waals surface area (Å²) in [7, 11) is 1.45. The standard InChI is InChI=1S/C16H19F3N2O3/c1-14(2,3)15(23)9-12(16(17,18)19)20-21(15)13(22)10-5-7-11(24-4)8-6-10/h5-8,23H,9H2,1-4H3/t15-/m1/s1. The summed E-state index contributed by atoms with van der Waals surface area (Å²) in [6.07, 6.45) is -5.49. The van der Waals surface area contributed by atoms with Crippen molar-refractivity contribution in [2.24, 2.45) is 10.5 Å². The van der Waals surface area contributed by atoms with Crippen LogP contribution in [0, 0.1) is 5.41 Å². The van der Waals surface area contributed by atoms with Gasteiger partial charge in [-0.3, -0.25) is 4.79 Å². The first-order valence-electron chi connectivity index (χ1n) is 7.26. The summed E-state index contributed by atoms with van der Waals surface area (Å²) < 4.78 is 44.1. The topological polar surface area (TPSA) is 62.1 Å². The van der Waals surface area contributed by atoms with Crippen molar-refractivity contribution >= 4 is 11.6 Å². The first kappa shape index (κ1) is 18.3. The average Bonchev–Trinajstić information content (AvgIpc) is 2.86. The molecule has 1 amide bonds. The van der Waals surface area contributed by atoms with Crippen molar-refractivity contribution in [1.29, 1.82) is 0 Å². The summed E-state index contributed by atoms with van der Waals surface area (Å²) in [6.45, 7) is 4.66. The summed E-state index contributed by atoms with van der Waals surface area (Å²) in [5, 5.41) is 14.8. The number of aliphatic hydroxyl groups is 1. The number of methoxy groups -OCH3 is 1. The average molecular weight is 344 g/mol. The fourth-order valence-electron chi connectivity index (χ4n) is 2.36. The SMILES string of the molecule is COc1ccc(C(=O)N2N=C(C(F)(F)F)C[C@@]2(O)C(C)(C)C)cc1. The van der Waals surface area contributed by atoms with E-state index >= 15 is 0 Å². The molecule has 132 valence electrons. The number of carbonyl (C=O) groups is 1. The molecule has 0 radical (unpaired) electrons. The molecule has 1 aliphatic heterocycles. The Morgan fingerprint density at radius 2 is 1.79 bits per heavy atom. The summed E-state index contributed by atoms with van der Waals surface area (Å²) in [5.74, 6) is -0.312. The number of hydrogen-bond donors (Lipinski definition) is 1. The van der Waals surface area contributed by atoms with Gasteiger partial charge in [-0.25, -0.2) is 0 Å². The lowest BCUT2D eigenvalue weighted by Crippen LogP contribution is -2.55. The predicted molar refractivity (Wildman–Crippen MR) is 81.7 cm³/mol. The van der Waals surface area contributed by atoms with Gasteiger partial charge in [0, 0.05) is 17.4 Å². The molecule has 0 saturated carbocycles. The normalized spacial score (nSPS) is 21.7. The smallest absolute Gasteiger partial charge is 0.431 e. The fraction of sp³-hybridized carbons (Fsp3) is 0.500. The molecule has 1 N–H and O–H groups in total. The molecule has 1 aromatic carbocycles. The van der Waals surface area contributed by atoms with E-state index in [0.29, 0.717) is 10.8 Å². The second-order valence-electron chi connectivity index (χ2n) is 6.63. The van der Waals surface area contributed by atoms with E-state index in [1.54, 1.807) is 20.8 Å². The van der Waals surface area contributed by atoms with Crippen molar-refractivity contribution in [3.8, 4) is 5.75 Å². The molecule has 0 bridgehead atoms. The molecule has 0 aliphatic carbocycles. The monoisotopic (exact) mass is 344 g/mol. The molecule has 1 heterocycles. The van der Waals surface area contributed by atoms with Crippen LogP contribution in [-0.2, 0) is 0 Å². The van der Waals surface area contributed by atoms with Gasteiger partial charge in [-0.05, 0) is 24.3 Å². The van der Waals surface area contributed by atoms with Crippen LogP contribution in [0.2, 0.25) is 0 Å². The number of halogens is 3. The van der Waals surface area contributed by atoms with E-state index < -0.39 is 35.4 Å². The maximum atomic E-state index is 13.0. The number of amides is 1. The summed E-state index contributed by atoms with van der Waals surface area (Å²) >= 11 is 0. The third-order valence-electron chi connectivity index (χ3n) is 4.04. The van der Waals surface area contributed by atoms with Crippen LogP contribution in [0.4, 0.5) is 13.2 Å². The number of hydrogen-bond acceptors (Lipinski definition) is 4. The minimum atomic E-state index is -4.71. The number of rotatable bonds is 2. The molecular formula is C16H19F3N2O3. The van der Waals surface area contributed by atoms with Gasteiger partial charge in [0.2, 0.25) is 0 Å². The van der Waals surface area contributed by atoms with E-state index in [2.05, 4.69) is 5.10 Å². The van der Waals surface area contributed by atoms with Crippen molar-refractivity contribution in [2.75, 3.05) is 7.11 Å². The van der Waals surface area contributed by atoms with Gasteiger partial charge < -0.3 is 9.84 Å². The number of carbonyl (C=O) groups excluding carboxylic acids is 1. The Bertz CT molecular complexity index is 663. The summed E-state index contributed by atoms with van der Waals surface area (Å²) in [5.41, 5.74) is -4.19. The molecule has 1 aliphatic rings. The van der Waals surface area contributed by atoms with Gasteiger partial charge in [0.15, 0.2) is 5.72 Å². The third-order valence-corrected chi connectivity index (χ3v) is 4.04. The lowest BCUT2D eigenvalue weighted by atomic mass is 9.80. The van der Waals surface area contributed by atoms with Crippen molar-refractivity contribution in [3.63, 3.8) is 0 Å². The van der Waals surface area contributed by atoms with Crippen LogP contribution >= 0.6 is 0 Å². The van der Waals surface area contributed by atoms with E-state index in [4.69, 9.17) is 4.74 Å². The van der Waals surface area contributed by atoms with Crippen LogP contribution in [0.15, 0.2) is 29.4 Å². The van der Waals surface area contributed by atoms with Gasteiger partial charge in [-0.2, -0.15) is 23.3 Å². The molecule has 0 fully saturated rings. The molecule has 1 aromatic rings. The minimum absolute atomic E-state index is 0.102. The highest BCUT2D eigenvalue weighted by molar-refractivity contribution is 5.99. The first-order chi connectivity index (χ1) is 10.9. The van der Waals surface area contributed by atoms with E-state index in [1.807, 2.05) is 0 Å². The Hall–Kier alpha value is -2.09. The zero-order valence-corrected chi connectivity index (χ0v) is 13.8. The largest absolute Gasteiger partial charge is 0.497 e. The van der Waals surface area contributed by atoms with E-state index in [0.717, 1.165) is 0 Å². The van der Waals surface area contributed by atoms with Crippen LogP contribution in [0.3, 0.4) is 0 Å². The molecular weight excluding hydrogens is 325 g/mol. The van der Waals surface area contributed by atoms with Crippen molar-refractivity contribution in [3.05, 3.63) is 29.8 Å². The molecule has 1 atom stereocenters. The second-order valence-corrected chi connectivity index (χ2v) is 6.63. The Morgan fingerprint density at radius 1 is 1.25 bits per heavy atom. The first-order valence-corrected chi connectivity index (χ1v) is 7.26. The Labute approximate surface area is 137 Å². The number of nitrogens with zero attached hydrogens (tertiary/aromatic N) is 2. The molecule has 24 heavy (non-hydrogen) atoms. The number of ether oxygens (including phenoxy) is 1. The minimum Gasteiger partial charge on any atom is -0.497 e. The number of alkyl halides is 3. The summed E-state index contributed by atoms with van der Waals surface area (Å²) in [6, 6.07) is 5.83. The lowest BCUT2D eigenvalue weighted by molar-refractivity contribution is -0.144. The highest BCUT2D eigenvalue weighted by Crippen LogP contribution is 2.44. The number of benzene rings is 1. The quantitative estimate of drug-likeness (QED) is 0.896. The van der Waals surface area contributed by atoms with Gasteiger partial charge in [-0.15, -0.1) is 0 Å². The second kappa shape index (κ2) is 5.77. The van der Waals surface area contributed by atoms with E-state index in [1.165, 1.54) is 31.4 Å². The van der Waals surface area contributed by atoms with Gasteiger partial charge in [-0.1, -0.05) is 20.8 Å². The molecule has 5 nitrogen and oxygen atoms in total. The molecule has 0 spiro atoms. The lowest BCUT2D eigenvalue weighted by Gasteiger charge is -2.41. The van der Waals surface area contributed by atoms with Crippen LogP contribution < -0.4 is 4.74 Å². The molecule has 8 heteroatoms. The third kappa shape index (κ3) is 3.10. The van der Waals surface area contributed by atoms with Crippen LogP contribution in [0.1, 0.15) is 37.6 Å². The van der Waals surface area contributed by atoms with Gasteiger partial charge in [0.25, 0.3) is 5.91 Å². The highest BCUT2D eigenvalue weighted by Gasteiger charge is 2.57. The molecule has 0 aromatic heterocycles. The van der Waals surface area contributed by atoms with Gasteiger partial charge in [0.1, 0.15) is 11.5 Å². The number of hydrazone groups is 1. The summed E-state index contributed by atoms with van der Waals surface area (Å²) in [4.78, 5) is 12.6.